The van der Waals surface area contributed by atoms with Crippen LogP contribution < -0.4 is 14.8 Å². The van der Waals surface area contributed by atoms with E-state index in [9.17, 15) is 0 Å². The molecule has 7 nitrogen and oxygen atoms in total. The second kappa shape index (κ2) is 6.67. The highest BCUT2D eigenvalue weighted by Crippen LogP contribution is 2.31. The zero-order valence-corrected chi connectivity index (χ0v) is 15.1. The standard InChI is InChI=1S/C19H21N5O2/c1-12-18(13(2)24(3)23-12)15-8-9-20-19(22-15)21-10-14-11-25-16-6-4-5-7-17(16)26-14/h4-9,14H,10-11H2,1-3H3,(H,20,21,22)/t14-/m0/s1. The zero-order valence-electron chi connectivity index (χ0n) is 15.1. The monoisotopic (exact) mass is 351 g/mol. The predicted molar refractivity (Wildman–Crippen MR) is 98.6 cm³/mol. The second-order valence-electron chi connectivity index (χ2n) is 6.31. The fraction of sp³-hybridized carbons (Fsp3) is 0.316. The van der Waals surface area contributed by atoms with Crippen LogP contribution in [0.1, 0.15) is 11.4 Å². The van der Waals surface area contributed by atoms with Crippen LogP contribution in [-0.2, 0) is 7.05 Å². The van der Waals surface area contributed by atoms with Gasteiger partial charge in [0.2, 0.25) is 5.95 Å². The van der Waals surface area contributed by atoms with Crippen molar-refractivity contribution in [1.82, 2.24) is 19.7 Å². The smallest absolute Gasteiger partial charge is 0.223 e. The van der Waals surface area contributed by atoms with Crippen molar-refractivity contribution in [2.45, 2.75) is 20.0 Å². The van der Waals surface area contributed by atoms with E-state index in [1.54, 1.807) is 6.20 Å². The number of fused-ring (bicyclic) bond motifs is 1. The third-order valence-electron chi connectivity index (χ3n) is 4.48. The van der Waals surface area contributed by atoms with Crippen molar-refractivity contribution in [1.29, 1.82) is 0 Å². The third-order valence-corrected chi connectivity index (χ3v) is 4.48. The average Bonchev–Trinajstić information content (AvgIpc) is 2.92. The molecule has 3 aromatic rings. The van der Waals surface area contributed by atoms with Crippen LogP contribution in [0, 0.1) is 13.8 Å². The number of benzene rings is 1. The Morgan fingerprint density at radius 1 is 1.19 bits per heavy atom. The van der Waals surface area contributed by atoms with Crippen molar-refractivity contribution >= 4 is 5.95 Å². The number of hydrogen-bond donors (Lipinski definition) is 1. The molecule has 2 aromatic heterocycles. The molecule has 1 aliphatic rings. The van der Waals surface area contributed by atoms with Gasteiger partial charge in [0.1, 0.15) is 12.7 Å². The van der Waals surface area contributed by atoms with E-state index in [0.29, 0.717) is 19.1 Å². The fourth-order valence-corrected chi connectivity index (χ4v) is 3.10. The van der Waals surface area contributed by atoms with Gasteiger partial charge in [-0.1, -0.05) is 12.1 Å². The summed E-state index contributed by atoms with van der Waals surface area (Å²) in [4.78, 5) is 8.95. The summed E-state index contributed by atoms with van der Waals surface area (Å²) in [5.74, 6) is 2.11. The molecule has 0 aliphatic carbocycles. The van der Waals surface area contributed by atoms with E-state index in [2.05, 4.69) is 20.4 Å². The van der Waals surface area contributed by atoms with Crippen LogP contribution in [0.4, 0.5) is 5.95 Å². The summed E-state index contributed by atoms with van der Waals surface area (Å²) >= 11 is 0. The van der Waals surface area contributed by atoms with Gasteiger partial charge in [-0.05, 0) is 32.0 Å². The van der Waals surface area contributed by atoms with Gasteiger partial charge in [0.15, 0.2) is 11.5 Å². The normalized spacial score (nSPS) is 15.7. The molecule has 1 N–H and O–H groups in total. The quantitative estimate of drug-likeness (QED) is 0.779. The number of aromatic nitrogens is 4. The number of aryl methyl sites for hydroxylation is 2. The van der Waals surface area contributed by atoms with Gasteiger partial charge < -0.3 is 14.8 Å². The molecule has 1 aliphatic heterocycles. The molecule has 7 heteroatoms. The highest BCUT2D eigenvalue weighted by atomic mass is 16.6. The van der Waals surface area contributed by atoms with Gasteiger partial charge in [-0.25, -0.2) is 9.97 Å². The number of nitrogens with zero attached hydrogens (tertiary/aromatic N) is 4. The lowest BCUT2D eigenvalue weighted by Gasteiger charge is -2.26. The Bertz CT molecular complexity index is 937. The number of anilines is 1. The van der Waals surface area contributed by atoms with Crippen LogP contribution >= 0.6 is 0 Å². The van der Waals surface area contributed by atoms with E-state index in [-0.39, 0.29) is 6.10 Å². The molecular weight excluding hydrogens is 330 g/mol. The van der Waals surface area contributed by atoms with Gasteiger partial charge in [0, 0.05) is 24.5 Å². The summed E-state index contributed by atoms with van der Waals surface area (Å²) in [5, 5.41) is 7.70. The molecule has 0 bridgehead atoms. The number of para-hydroxylation sites is 2. The van der Waals surface area contributed by atoms with Crippen molar-refractivity contribution in [3.8, 4) is 22.8 Å². The minimum Gasteiger partial charge on any atom is -0.486 e. The lowest BCUT2D eigenvalue weighted by molar-refractivity contribution is 0.0996. The van der Waals surface area contributed by atoms with E-state index in [1.807, 2.05) is 55.9 Å². The molecule has 0 fully saturated rings. The first-order valence-corrected chi connectivity index (χ1v) is 8.58. The average molecular weight is 351 g/mol. The number of nitrogens with one attached hydrogen (secondary N) is 1. The molecule has 0 radical (unpaired) electrons. The first-order chi connectivity index (χ1) is 12.6. The molecule has 4 rings (SSSR count). The minimum atomic E-state index is -0.0981. The molecule has 1 atom stereocenters. The van der Waals surface area contributed by atoms with Gasteiger partial charge in [-0.2, -0.15) is 5.10 Å². The summed E-state index contributed by atoms with van der Waals surface area (Å²) in [7, 11) is 1.93. The van der Waals surface area contributed by atoms with Gasteiger partial charge in [-0.15, -0.1) is 0 Å². The maximum atomic E-state index is 5.95. The van der Waals surface area contributed by atoms with Crippen LogP contribution in [0.2, 0.25) is 0 Å². The largest absolute Gasteiger partial charge is 0.486 e. The minimum absolute atomic E-state index is 0.0981. The molecule has 0 spiro atoms. The second-order valence-corrected chi connectivity index (χ2v) is 6.31. The van der Waals surface area contributed by atoms with Crippen molar-refractivity contribution in [2.24, 2.45) is 7.05 Å². The van der Waals surface area contributed by atoms with Crippen molar-refractivity contribution in [3.63, 3.8) is 0 Å². The third kappa shape index (κ3) is 3.08. The Morgan fingerprint density at radius 2 is 2.00 bits per heavy atom. The Morgan fingerprint density at radius 3 is 2.77 bits per heavy atom. The Balaban J connectivity index is 1.47. The Hall–Kier alpha value is -3.09. The molecule has 0 saturated heterocycles. The van der Waals surface area contributed by atoms with E-state index in [0.717, 1.165) is 34.1 Å². The number of hydrogen-bond acceptors (Lipinski definition) is 6. The van der Waals surface area contributed by atoms with Crippen LogP contribution in [-0.4, -0.2) is 39.0 Å². The van der Waals surface area contributed by atoms with E-state index in [1.165, 1.54) is 0 Å². The van der Waals surface area contributed by atoms with Gasteiger partial charge >= 0.3 is 0 Å². The number of ether oxygens (including phenoxy) is 2. The molecule has 0 unspecified atom stereocenters. The fourth-order valence-electron chi connectivity index (χ4n) is 3.10. The van der Waals surface area contributed by atoms with Crippen LogP contribution in [0.3, 0.4) is 0 Å². The molecule has 0 amide bonds. The summed E-state index contributed by atoms with van der Waals surface area (Å²) < 4.78 is 13.6. The Labute approximate surface area is 152 Å². The van der Waals surface area contributed by atoms with Crippen LogP contribution in [0.15, 0.2) is 36.5 Å². The van der Waals surface area contributed by atoms with E-state index < -0.39 is 0 Å². The first kappa shape index (κ1) is 16.4. The zero-order chi connectivity index (χ0) is 18.1. The van der Waals surface area contributed by atoms with Crippen LogP contribution in [0.5, 0.6) is 11.5 Å². The van der Waals surface area contributed by atoms with Crippen molar-refractivity contribution in [2.75, 3.05) is 18.5 Å². The van der Waals surface area contributed by atoms with E-state index >= 15 is 0 Å². The Kier molecular flexibility index (Phi) is 4.20. The lowest BCUT2D eigenvalue weighted by Crippen LogP contribution is -2.35. The summed E-state index contributed by atoms with van der Waals surface area (Å²) in [6, 6.07) is 9.58. The van der Waals surface area contributed by atoms with Gasteiger partial charge in [0.05, 0.1) is 17.9 Å². The van der Waals surface area contributed by atoms with Gasteiger partial charge in [0.25, 0.3) is 0 Å². The highest BCUT2D eigenvalue weighted by molar-refractivity contribution is 5.65. The molecule has 26 heavy (non-hydrogen) atoms. The summed E-state index contributed by atoms with van der Waals surface area (Å²) in [5.41, 5.74) is 3.93. The number of rotatable bonds is 4. The van der Waals surface area contributed by atoms with Gasteiger partial charge in [-0.3, -0.25) is 4.68 Å². The molecule has 3 heterocycles. The molecular formula is C19H21N5O2. The van der Waals surface area contributed by atoms with Crippen LogP contribution in [0.25, 0.3) is 11.3 Å². The SMILES string of the molecule is Cc1nn(C)c(C)c1-c1ccnc(NC[C@H]2COc3ccccc3O2)n1. The molecule has 0 saturated carbocycles. The highest BCUT2D eigenvalue weighted by Gasteiger charge is 2.21. The maximum absolute atomic E-state index is 5.95. The summed E-state index contributed by atoms with van der Waals surface area (Å²) in [6.45, 7) is 5.07. The molecule has 1 aromatic carbocycles. The first-order valence-electron chi connectivity index (χ1n) is 8.58. The predicted octanol–water partition coefficient (Wildman–Crippen LogP) is 2.75. The maximum Gasteiger partial charge on any atom is 0.223 e. The summed E-state index contributed by atoms with van der Waals surface area (Å²) in [6.07, 6.45) is 1.66. The van der Waals surface area contributed by atoms with E-state index in [4.69, 9.17) is 9.47 Å². The topological polar surface area (TPSA) is 74.1 Å². The van der Waals surface area contributed by atoms with Crippen molar-refractivity contribution < 1.29 is 9.47 Å². The molecule has 134 valence electrons. The van der Waals surface area contributed by atoms with Crippen molar-refractivity contribution in [3.05, 3.63) is 47.9 Å². The lowest BCUT2D eigenvalue weighted by atomic mass is 10.1.